The minimum absolute atomic E-state index is 0.114. The molecular formula is C19H24N2O5. The molecule has 1 aromatic rings. The average Bonchev–Trinajstić information content (AvgIpc) is 2.74. The van der Waals surface area contributed by atoms with Crippen LogP contribution in [0.15, 0.2) is 36.2 Å². The summed E-state index contributed by atoms with van der Waals surface area (Å²) in [7, 11) is 0. The molecular weight excluding hydrogens is 336 g/mol. The minimum Gasteiger partial charge on any atom is -0.455 e. The van der Waals surface area contributed by atoms with E-state index in [2.05, 4.69) is 5.32 Å². The van der Waals surface area contributed by atoms with Gasteiger partial charge in [0.15, 0.2) is 5.70 Å². The molecule has 7 heteroatoms. The summed E-state index contributed by atoms with van der Waals surface area (Å²) in [4.78, 5) is 38.7. The lowest BCUT2D eigenvalue weighted by Crippen LogP contribution is -2.39. The summed E-state index contributed by atoms with van der Waals surface area (Å²) < 4.78 is 5.33. The van der Waals surface area contributed by atoms with E-state index >= 15 is 0 Å². The summed E-state index contributed by atoms with van der Waals surface area (Å²) in [5.41, 5.74) is -1.61. The molecule has 26 heavy (non-hydrogen) atoms. The first kappa shape index (κ1) is 19.7. The van der Waals surface area contributed by atoms with Gasteiger partial charge in [0.1, 0.15) is 5.60 Å². The van der Waals surface area contributed by atoms with Crippen LogP contribution in [0.4, 0.5) is 0 Å². The third kappa shape index (κ3) is 4.49. The van der Waals surface area contributed by atoms with E-state index in [1.165, 1.54) is 18.3 Å². The Labute approximate surface area is 152 Å². The molecule has 1 aliphatic rings. The molecule has 0 bridgehead atoms. The van der Waals surface area contributed by atoms with Gasteiger partial charge in [-0.05, 0) is 46.8 Å². The number of fused-ring (bicyclic) bond motifs is 1. The first-order valence-corrected chi connectivity index (χ1v) is 8.28. The van der Waals surface area contributed by atoms with Crippen molar-refractivity contribution in [3.8, 4) is 0 Å². The fourth-order valence-electron chi connectivity index (χ4n) is 2.35. The number of benzene rings is 1. The van der Waals surface area contributed by atoms with Crippen LogP contribution in [0.25, 0.3) is 0 Å². The van der Waals surface area contributed by atoms with Crippen LogP contribution in [0.3, 0.4) is 0 Å². The van der Waals surface area contributed by atoms with E-state index < -0.39 is 29.0 Å². The van der Waals surface area contributed by atoms with Crippen LogP contribution in [0.2, 0.25) is 0 Å². The van der Waals surface area contributed by atoms with Gasteiger partial charge in [-0.25, -0.2) is 9.69 Å². The molecule has 2 rings (SSSR count). The normalized spacial score (nSPS) is 15.2. The van der Waals surface area contributed by atoms with Crippen molar-refractivity contribution in [2.24, 2.45) is 0 Å². The van der Waals surface area contributed by atoms with Gasteiger partial charge >= 0.3 is 5.97 Å². The molecule has 0 saturated heterocycles. The molecule has 1 heterocycles. The van der Waals surface area contributed by atoms with Crippen molar-refractivity contribution in [1.29, 1.82) is 0 Å². The maximum Gasteiger partial charge on any atom is 0.357 e. The lowest BCUT2D eigenvalue weighted by atomic mass is 10.1. The van der Waals surface area contributed by atoms with Gasteiger partial charge < -0.3 is 15.2 Å². The fraction of sp³-hybridized carbons (Fsp3) is 0.421. The summed E-state index contributed by atoms with van der Waals surface area (Å²) in [6.45, 7) is 8.36. The second-order valence-corrected chi connectivity index (χ2v) is 7.72. The molecule has 2 N–H and O–H groups in total. The number of esters is 1. The van der Waals surface area contributed by atoms with E-state index in [0.29, 0.717) is 0 Å². The number of hydrogen-bond donors (Lipinski definition) is 2. The Hall–Kier alpha value is -2.67. The third-order valence-electron chi connectivity index (χ3n) is 3.42. The van der Waals surface area contributed by atoms with Crippen LogP contribution in [0.1, 0.15) is 55.3 Å². The number of imide groups is 1. The van der Waals surface area contributed by atoms with Crippen molar-refractivity contribution in [3.05, 3.63) is 47.3 Å². The zero-order valence-electron chi connectivity index (χ0n) is 15.6. The molecule has 140 valence electrons. The van der Waals surface area contributed by atoms with Crippen molar-refractivity contribution in [2.75, 3.05) is 6.54 Å². The van der Waals surface area contributed by atoms with Gasteiger partial charge in [0.05, 0.1) is 16.7 Å². The van der Waals surface area contributed by atoms with Crippen LogP contribution in [-0.2, 0) is 9.53 Å². The summed E-state index contributed by atoms with van der Waals surface area (Å²) >= 11 is 0. The highest BCUT2D eigenvalue weighted by atomic mass is 16.6. The SMILES string of the molecule is CC(C)(O)CNC=C(C(=O)OC(C)(C)C)N1C(=O)c2ccccc2C1=O. The van der Waals surface area contributed by atoms with E-state index in [1.807, 2.05) is 0 Å². The van der Waals surface area contributed by atoms with Crippen LogP contribution in [0.5, 0.6) is 0 Å². The zero-order valence-corrected chi connectivity index (χ0v) is 15.6. The maximum atomic E-state index is 12.7. The Morgan fingerprint density at radius 2 is 1.62 bits per heavy atom. The van der Waals surface area contributed by atoms with E-state index in [0.717, 1.165) is 4.90 Å². The molecule has 2 amide bonds. The Kier molecular flexibility index (Phi) is 5.23. The molecule has 0 atom stereocenters. The Morgan fingerprint density at radius 3 is 2.04 bits per heavy atom. The second kappa shape index (κ2) is 6.92. The van der Waals surface area contributed by atoms with E-state index in [4.69, 9.17) is 4.74 Å². The Morgan fingerprint density at radius 1 is 1.12 bits per heavy atom. The number of carbonyl (C=O) groups excluding carboxylic acids is 3. The average molecular weight is 360 g/mol. The largest absolute Gasteiger partial charge is 0.455 e. The van der Waals surface area contributed by atoms with Crippen molar-refractivity contribution >= 4 is 17.8 Å². The Bertz CT molecular complexity index is 734. The molecule has 1 aromatic carbocycles. The van der Waals surface area contributed by atoms with Crippen LogP contribution < -0.4 is 5.32 Å². The first-order chi connectivity index (χ1) is 11.9. The minimum atomic E-state index is -1.04. The topological polar surface area (TPSA) is 95.9 Å². The highest BCUT2D eigenvalue weighted by Gasteiger charge is 2.41. The summed E-state index contributed by atoms with van der Waals surface area (Å²) in [6, 6.07) is 6.37. The molecule has 0 radical (unpaired) electrons. The number of hydrogen-bond acceptors (Lipinski definition) is 6. The lowest BCUT2D eigenvalue weighted by molar-refractivity contribution is -0.151. The first-order valence-electron chi connectivity index (χ1n) is 8.28. The quantitative estimate of drug-likeness (QED) is 0.472. The van der Waals surface area contributed by atoms with Crippen molar-refractivity contribution in [2.45, 2.75) is 45.8 Å². The van der Waals surface area contributed by atoms with Gasteiger partial charge in [-0.1, -0.05) is 12.1 Å². The van der Waals surface area contributed by atoms with Gasteiger partial charge in [-0.15, -0.1) is 0 Å². The highest BCUT2D eigenvalue weighted by molar-refractivity contribution is 6.24. The number of amides is 2. The standard InChI is InChI=1S/C19H24N2O5/c1-18(2,3)26-17(24)14(10-20-11-19(4,5)25)21-15(22)12-8-6-7-9-13(12)16(21)23/h6-10,20,25H,11H2,1-5H3. The molecule has 7 nitrogen and oxygen atoms in total. The van der Waals surface area contributed by atoms with Crippen LogP contribution in [-0.4, -0.2) is 45.5 Å². The zero-order chi connectivity index (χ0) is 19.7. The van der Waals surface area contributed by atoms with E-state index in [9.17, 15) is 19.5 Å². The monoisotopic (exact) mass is 360 g/mol. The third-order valence-corrected chi connectivity index (χ3v) is 3.42. The van der Waals surface area contributed by atoms with Gasteiger partial charge in [0, 0.05) is 12.7 Å². The van der Waals surface area contributed by atoms with Gasteiger partial charge in [0.25, 0.3) is 11.8 Å². The predicted molar refractivity (Wildman–Crippen MR) is 95.2 cm³/mol. The summed E-state index contributed by atoms with van der Waals surface area (Å²) in [5.74, 6) is -1.99. The second-order valence-electron chi connectivity index (χ2n) is 7.72. The number of nitrogens with zero attached hydrogens (tertiary/aromatic N) is 1. The molecule has 0 aromatic heterocycles. The van der Waals surface area contributed by atoms with Crippen molar-refractivity contribution in [1.82, 2.24) is 10.2 Å². The Balaban J connectivity index is 2.38. The summed E-state index contributed by atoms with van der Waals surface area (Å²) in [6.07, 6.45) is 1.23. The molecule has 0 saturated carbocycles. The number of ether oxygens (including phenoxy) is 1. The smallest absolute Gasteiger partial charge is 0.357 e. The van der Waals surface area contributed by atoms with Crippen LogP contribution in [0, 0.1) is 0 Å². The number of carbonyl (C=O) groups is 3. The number of aliphatic hydroxyl groups is 1. The van der Waals surface area contributed by atoms with Crippen molar-refractivity contribution in [3.63, 3.8) is 0 Å². The van der Waals surface area contributed by atoms with E-state index in [-0.39, 0.29) is 23.4 Å². The summed E-state index contributed by atoms with van der Waals surface area (Å²) in [5, 5.41) is 12.6. The van der Waals surface area contributed by atoms with E-state index in [1.54, 1.807) is 46.8 Å². The molecule has 0 aliphatic carbocycles. The van der Waals surface area contributed by atoms with Gasteiger partial charge in [-0.2, -0.15) is 0 Å². The van der Waals surface area contributed by atoms with Gasteiger partial charge in [0.2, 0.25) is 0 Å². The highest BCUT2D eigenvalue weighted by Crippen LogP contribution is 2.27. The molecule has 0 spiro atoms. The maximum absolute atomic E-state index is 12.7. The fourth-order valence-corrected chi connectivity index (χ4v) is 2.35. The molecule has 0 unspecified atom stereocenters. The van der Waals surface area contributed by atoms with Crippen molar-refractivity contribution < 1.29 is 24.2 Å². The molecule has 1 aliphatic heterocycles. The predicted octanol–water partition coefficient (Wildman–Crippen LogP) is 1.83. The number of nitrogens with one attached hydrogen (secondary N) is 1. The molecule has 0 fully saturated rings. The number of rotatable bonds is 5. The lowest BCUT2D eigenvalue weighted by Gasteiger charge is -2.24. The van der Waals surface area contributed by atoms with Gasteiger partial charge in [-0.3, -0.25) is 9.59 Å². The van der Waals surface area contributed by atoms with Crippen LogP contribution >= 0.6 is 0 Å².